The Bertz CT molecular complexity index is 598. The Kier molecular flexibility index (Phi) is 3.71. The monoisotopic (exact) mass is 290 g/mol. The van der Waals surface area contributed by atoms with Gasteiger partial charge in [0.2, 0.25) is 5.91 Å². The predicted molar refractivity (Wildman–Crippen MR) is 80.9 cm³/mol. The Morgan fingerprint density at radius 3 is 3.00 bits per heavy atom. The number of carbonyl (C=O) groups excluding carboxylic acids is 1. The van der Waals surface area contributed by atoms with Crippen molar-refractivity contribution in [2.24, 2.45) is 0 Å². The maximum Gasteiger partial charge on any atom is 0.251 e. The molecule has 2 atom stereocenters. The Balaban J connectivity index is 1.72. The van der Waals surface area contributed by atoms with Crippen molar-refractivity contribution < 1.29 is 4.79 Å². The average Bonchev–Trinajstić information content (AvgIpc) is 2.89. The molecule has 0 bridgehead atoms. The van der Waals surface area contributed by atoms with E-state index in [-0.39, 0.29) is 24.1 Å². The van der Waals surface area contributed by atoms with Crippen molar-refractivity contribution in [3.8, 4) is 0 Å². The highest BCUT2D eigenvalue weighted by Crippen LogP contribution is 2.24. The van der Waals surface area contributed by atoms with Crippen molar-refractivity contribution in [2.45, 2.75) is 38.4 Å². The van der Waals surface area contributed by atoms with E-state index in [1.165, 1.54) is 23.3 Å². The fourth-order valence-corrected chi connectivity index (χ4v) is 3.44. The Morgan fingerprint density at radius 1 is 1.38 bits per heavy atom. The van der Waals surface area contributed by atoms with Gasteiger partial charge >= 0.3 is 0 Å². The van der Waals surface area contributed by atoms with E-state index < -0.39 is 0 Å². The van der Waals surface area contributed by atoms with E-state index in [9.17, 15) is 9.59 Å². The zero-order valence-corrected chi connectivity index (χ0v) is 12.4. The molecular weight excluding hydrogens is 268 g/mol. The van der Waals surface area contributed by atoms with Crippen molar-refractivity contribution in [3.05, 3.63) is 28.7 Å². The largest absolute Gasteiger partial charge is 0.398 e. The molecule has 1 aromatic rings. The number of piperazine rings is 1. The van der Waals surface area contributed by atoms with Crippen LogP contribution in [0.15, 0.2) is 23.1 Å². The molecule has 2 N–H and O–H groups in total. The summed E-state index contributed by atoms with van der Waals surface area (Å²) in [6.07, 6.45) is 3.92. The third-order valence-corrected chi connectivity index (χ3v) is 4.57. The van der Waals surface area contributed by atoms with Crippen molar-refractivity contribution in [2.75, 3.05) is 25.4 Å². The van der Waals surface area contributed by atoms with E-state index in [4.69, 9.17) is 5.73 Å². The van der Waals surface area contributed by atoms with Gasteiger partial charge in [0.05, 0.1) is 0 Å². The first-order chi connectivity index (χ1) is 10.0. The third kappa shape index (κ3) is 2.81. The molecule has 0 aromatic carbocycles. The summed E-state index contributed by atoms with van der Waals surface area (Å²) in [6, 6.07) is 3.65. The van der Waals surface area contributed by atoms with E-state index in [2.05, 4.69) is 11.8 Å². The quantitative estimate of drug-likeness (QED) is 0.840. The Hall–Kier alpha value is -1.82. The molecule has 0 radical (unpaired) electrons. The number of hydrogen-bond donors (Lipinski definition) is 1. The molecular formula is C15H22N4O2. The molecule has 0 spiro atoms. The second kappa shape index (κ2) is 5.52. The van der Waals surface area contributed by atoms with Crippen LogP contribution in [-0.4, -0.2) is 52.0 Å². The molecule has 2 fully saturated rings. The number of nitrogen functional groups attached to an aromatic ring is 1. The number of fused-ring (bicyclic) bond motifs is 1. The van der Waals surface area contributed by atoms with Crippen LogP contribution in [0.25, 0.3) is 0 Å². The van der Waals surface area contributed by atoms with E-state index in [0.29, 0.717) is 11.7 Å². The lowest BCUT2D eigenvalue weighted by Crippen LogP contribution is -2.57. The van der Waals surface area contributed by atoms with E-state index >= 15 is 0 Å². The van der Waals surface area contributed by atoms with Crippen molar-refractivity contribution in [3.63, 3.8) is 0 Å². The number of hydrogen-bond acceptors (Lipinski definition) is 4. The summed E-state index contributed by atoms with van der Waals surface area (Å²) < 4.78 is 1.39. The van der Waals surface area contributed by atoms with E-state index in [1.807, 2.05) is 4.90 Å². The summed E-state index contributed by atoms with van der Waals surface area (Å²) in [4.78, 5) is 28.7. The zero-order chi connectivity index (χ0) is 15.0. The fraction of sp³-hybridized carbons (Fsp3) is 0.600. The minimum atomic E-state index is -0.190. The van der Waals surface area contributed by atoms with Crippen LogP contribution < -0.4 is 11.3 Å². The molecule has 3 heterocycles. The molecule has 2 aliphatic rings. The molecule has 2 saturated heterocycles. The molecule has 2 aliphatic heterocycles. The highest BCUT2D eigenvalue weighted by Gasteiger charge is 2.36. The summed E-state index contributed by atoms with van der Waals surface area (Å²) in [6.45, 7) is 5.00. The maximum atomic E-state index is 12.5. The molecule has 0 saturated carbocycles. The Morgan fingerprint density at radius 2 is 2.19 bits per heavy atom. The highest BCUT2D eigenvalue weighted by atomic mass is 16.2. The number of nitrogens with two attached hydrogens (primary N) is 1. The van der Waals surface area contributed by atoms with Gasteiger partial charge in [0.15, 0.2) is 0 Å². The number of aromatic nitrogens is 1. The van der Waals surface area contributed by atoms with Crippen LogP contribution in [0.4, 0.5) is 5.69 Å². The Labute approximate surface area is 124 Å². The van der Waals surface area contributed by atoms with Gasteiger partial charge in [0.25, 0.3) is 5.56 Å². The lowest BCUT2D eigenvalue weighted by atomic mass is 10.1. The van der Waals surface area contributed by atoms with Gasteiger partial charge in [0, 0.05) is 43.1 Å². The minimum absolute atomic E-state index is 0.00162. The van der Waals surface area contributed by atoms with Crippen LogP contribution in [0.3, 0.4) is 0 Å². The lowest BCUT2D eigenvalue weighted by molar-refractivity contribution is -0.137. The third-order valence-electron chi connectivity index (χ3n) is 4.57. The zero-order valence-electron chi connectivity index (χ0n) is 12.4. The normalized spacial score (nSPS) is 25.9. The number of amides is 1. The van der Waals surface area contributed by atoms with E-state index in [1.54, 1.807) is 6.07 Å². The summed E-state index contributed by atoms with van der Waals surface area (Å²) in [5.41, 5.74) is 5.99. The highest BCUT2D eigenvalue weighted by molar-refractivity contribution is 5.76. The molecule has 3 rings (SSSR count). The van der Waals surface area contributed by atoms with Gasteiger partial charge in [-0.05, 0) is 32.4 Å². The number of rotatable bonds is 2. The van der Waals surface area contributed by atoms with Crippen LogP contribution in [0.5, 0.6) is 0 Å². The van der Waals surface area contributed by atoms with Crippen LogP contribution in [0.1, 0.15) is 19.8 Å². The number of carbonyl (C=O) groups is 1. The first-order valence-electron chi connectivity index (χ1n) is 7.54. The van der Waals surface area contributed by atoms with Crippen molar-refractivity contribution in [1.29, 1.82) is 0 Å². The molecule has 6 nitrogen and oxygen atoms in total. The van der Waals surface area contributed by atoms with Crippen LogP contribution in [0.2, 0.25) is 0 Å². The fourth-order valence-electron chi connectivity index (χ4n) is 3.44. The smallest absolute Gasteiger partial charge is 0.251 e. The molecule has 1 amide bonds. The van der Waals surface area contributed by atoms with Crippen molar-refractivity contribution >= 4 is 11.6 Å². The maximum absolute atomic E-state index is 12.5. The van der Waals surface area contributed by atoms with Gasteiger partial charge in [-0.2, -0.15) is 0 Å². The second-order valence-electron chi connectivity index (χ2n) is 6.11. The lowest BCUT2D eigenvalue weighted by Gasteiger charge is -2.42. The number of pyridine rings is 1. The predicted octanol–water partition coefficient (Wildman–Crippen LogP) is 0.126. The van der Waals surface area contributed by atoms with Gasteiger partial charge in [-0.15, -0.1) is 0 Å². The van der Waals surface area contributed by atoms with Gasteiger partial charge < -0.3 is 15.2 Å². The topological polar surface area (TPSA) is 71.6 Å². The van der Waals surface area contributed by atoms with E-state index in [0.717, 1.165) is 26.1 Å². The van der Waals surface area contributed by atoms with Gasteiger partial charge in [0.1, 0.15) is 6.54 Å². The van der Waals surface area contributed by atoms with Crippen LogP contribution >= 0.6 is 0 Å². The molecule has 2 unspecified atom stereocenters. The standard InChI is InChI=1S/C15H22N4O2/c1-11-7-17-6-2-3-13(17)9-19(11)15(21)10-18-8-12(16)4-5-14(18)20/h4-5,8,11,13H,2-3,6-7,9-10,16H2,1H3. The van der Waals surface area contributed by atoms with Crippen LogP contribution in [0, 0.1) is 0 Å². The van der Waals surface area contributed by atoms with Gasteiger partial charge in [-0.3, -0.25) is 14.5 Å². The summed E-state index contributed by atoms with van der Waals surface area (Å²) >= 11 is 0. The van der Waals surface area contributed by atoms with Gasteiger partial charge in [-0.1, -0.05) is 0 Å². The summed E-state index contributed by atoms with van der Waals surface area (Å²) in [7, 11) is 0. The first kappa shape index (κ1) is 14.1. The molecule has 114 valence electrons. The second-order valence-corrected chi connectivity index (χ2v) is 6.11. The summed E-state index contributed by atoms with van der Waals surface area (Å²) in [5.74, 6) is 0.00162. The molecule has 1 aromatic heterocycles. The SMILES string of the molecule is CC1CN2CCCC2CN1C(=O)Cn1cc(N)ccc1=O. The molecule has 6 heteroatoms. The van der Waals surface area contributed by atoms with Crippen LogP contribution in [-0.2, 0) is 11.3 Å². The summed E-state index contributed by atoms with van der Waals surface area (Å²) in [5, 5.41) is 0. The molecule has 0 aliphatic carbocycles. The van der Waals surface area contributed by atoms with Crippen molar-refractivity contribution in [1.82, 2.24) is 14.4 Å². The minimum Gasteiger partial charge on any atom is -0.398 e. The first-order valence-corrected chi connectivity index (χ1v) is 7.54. The number of anilines is 1. The van der Waals surface area contributed by atoms with Gasteiger partial charge in [-0.25, -0.2) is 0 Å². The average molecular weight is 290 g/mol. The molecule has 21 heavy (non-hydrogen) atoms. The number of nitrogens with zero attached hydrogens (tertiary/aromatic N) is 3.